The number of hydrogen-bond donors (Lipinski definition) is 1. The SMILES string of the molecule is Oc1cc(F)cc(-c2nc(Cl)c(Br)c(Cl)n2)c1. The molecule has 1 aromatic carbocycles. The molecule has 0 radical (unpaired) electrons. The predicted octanol–water partition coefficient (Wildman–Crippen LogP) is 4.06. The summed E-state index contributed by atoms with van der Waals surface area (Å²) in [6.07, 6.45) is 0. The maximum atomic E-state index is 13.1. The van der Waals surface area contributed by atoms with Crippen molar-refractivity contribution < 1.29 is 9.50 Å². The van der Waals surface area contributed by atoms with Crippen molar-refractivity contribution in [1.82, 2.24) is 9.97 Å². The highest BCUT2D eigenvalue weighted by molar-refractivity contribution is 9.10. The second-order valence-corrected chi connectivity index (χ2v) is 4.65. The molecule has 1 heterocycles. The van der Waals surface area contributed by atoms with E-state index < -0.39 is 5.82 Å². The first kappa shape index (κ1) is 12.5. The summed E-state index contributed by atoms with van der Waals surface area (Å²) >= 11 is 14.7. The second-order valence-electron chi connectivity index (χ2n) is 3.14. The van der Waals surface area contributed by atoms with Crippen molar-refractivity contribution in [1.29, 1.82) is 0 Å². The van der Waals surface area contributed by atoms with Crippen LogP contribution in [-0.4, -0.2) is 15.1 Å². The van der Waals surface area contributed by atoms with E-state index in [9.17, 15) is 9.50 Å². The van der Waals surface area contributed by atoms with Gasteiger partial charge in [0.2, 0.25) is 0 Å². The first-order chi connectivity index (χ1) is 7.97. The molecule has 0 bridgehead atoms. The van der Waals surface area contributed by atoms with Crippen molar-refractivity contribution in [3.8, 4) is 17.1 Å². The summed E-state index contributed by atoms with van der Waals surface area (Å²) in [5, 5.41) is 9.51. The fraction of sp³-hybridized carbons (Fsp3) is 0. The van der Waals surface area contributed by atoms with Gasteiger partial charge in [-0.15, -0.1) is 0 Å². The van der Waals surface area contributed by atoms with Crippen LogP contribution >= 0.6 is 39.1 Å². The van der Waals surface area contributed by atoms with Crippen LogP contribution in [0.1, 0.15) is 0 Å². The lowest BCUT2D eigenvalue weighted by Crippen LogP contribution is -1.92. The van der Waals surface area contributed by atoms with Gasteiger partial charge < -0.3 is 5.11 Å². The molecule has 0 fully saturated rings. The van der Waals surface area contributed by atoms with Crippen LogP contribution in [0.4, 0.5) is 4.39 Å². The lowest BCUT2D eigenvalue weighted by Gasteiger charge is -2.04. The fourth-order valence-electron chi connectivity index (χ4n) is 1.23. The summed E-state index contributed by atoms with van der Waals surface area (Å²) in [4.78, 5) is 7.86. The summed E-state index contributed by atoms with van der Waals surface area (Å²) in [5.74, 6) is -0.685. The Kier molecular flexibility index (Phi) is 3.51. The van der Waals surface area contributed by atoms with Crippen LogP contribution in [0, 0.1) is 5.82 Å². The average molecular weight is 338 g/mol. The van der Waals surface area contributed by atoms with Gasteiger partial charge in [0.05, 0.1) is 4.47 Å². The second kappa shape index (κ2) is 4.76. The molecule has 0 saturated heterocycles. The lowest BCUT2D eigenvalue weighted by atomic mass is 10.2. The highest BCUT2D eigenvalue weighted by Gasteiger charge is 2.12. The number of aromatic nitrogens is 2. The fourth-order valence-corrected chi connectivity index (χ4v) is 1.79. The summed E-state index contributed by atoms with van der Waals surface area (Å²) in [5.41, 5.74) is 0.291. The summed E-state index contributed by atoms with van der Waals surface area (Å²) in [7, 11) is 0. The van der Waals surface area contributed by atoms with Crippen LogP contribution in [0.3, 0.4) is 0 Å². The zero-order valence-corrected chi connectivity index (χ0v) is 11.2. The lowest BCUT2D eigenvalue weighted by molar-refractivity contribution is 0.469. The van der Waals surface area contributed by atoms with Gasteiger partial charge in [-0.2, -0.15) is 0 Å². The average Bonchev–Trinajstić information content (AvgIpc) is 2.23. The van der Waals surface area contributed by atoms with E-state index in [0.29, 0.717) is 10.0 Å². The van der Waals surface area contributed by atoms with E-state index in [2.05, 4.69) is 25.9 Å². The quantitative estimate of drug-likeness (QED) is 0.798. The minimum absolute atomic E-state index is 0.115. The highest BCUT2D eigenvalue weighted by Crippen LogP contribution is 2.31. The molecule has 88 valence electrons. The van der Waals surface area contributed by atoms with Gasteiger partial charge in [0.1, 0.15) is 21.9 Å². The van der Waals surface area contributed by atoms with E-state index in [1.54, 1.807) is 0 Å². The molecule has 1 aromatic heterocycles. The van der Waals surface area contributed by atoms with E-state index in [0.717, 1.165) is 6.07 Å². The Morgan fingerprint density at radius 3 is 2.24 bits per heavy atom. The van der Waals surface area contributed by atoms with Crippen molar-refractivity contribution in [2.45, 2.75) is 0 Å². The van der Waals surface area contributed by atoms with Gasteiger partial charge in [0, 0.05) is 11.6 Å². The maximum absolute atomic E-state index is 13.1. The molecule has 0 aliphatic heterocycles. The van der Waals surface area contributed by atoms with E-state index in [1.807, 2.05) is 0 Å². The van der Waals surface area contributed by atoms with Crippen LogP contribution in [-0.2, 0) is 0 Å². The largest absolute Gasteiger partial charge is 0.508 e. The zero-order chi connectivity index (χ0) is 12.6. The molecule has 0 unspecified atom stereocenters. The van der Waals surface area contributed by atoms with Crippen molar-refractivity contribution >= 4 is 39.1 Å². The van der Waals surface area contributed by atoms with Crippen LogP contribution in [0.2, 0.25) is 10.3 Å². The van der Waals surface area contributed by atoms with Gasteiger partial charge >= 0.3 is 0 Å². The number of benzene rings is 1. The van der Waals surface area contributed by atoms with E-state index in [4.69, 9.17) is 23.2 Å². The third-order valence-corrected chi connectivity index (χ3v) is 3.67. The normalized spacial score (nSPS) is 10.6. The van der Waals surface area contributed by atoms with Gasteiger partial charge in [-0.25, -0.2) is 14.4 Å². The van der Waals surface area contributed by atoms with Crippen LogP contribution in [0.5, 0.6) is 5.75 Å². The standard InChI is InChI=1S/C10H4BrCl2FN2O/c11-7-8(12)15-10(16-9(7)13)4-1-5(14)3-6(17)2-4/h1-3,17H. The number of phenolic OH excluding ortho intramolecular Hbond substituents is 1. The number of rotatable bonds is 1. The van der Waals surface area contributed by atoms with Crippen molar-refractivity contribution in [3.63, 3.8) is 0 Å². The molecule has 1 N–H and O–H groups in total. The van der Waals surface area contributed by atoms with Crippen molar-refractivity contribution in [3.05, 3.63) is 38.8 Å². The summed E-state index contributed by atoms with van der Waals surface area (Å²) < 4.78 is 13.5. The molecule has 3 nitrogen and oxygen atoms in total. The molecular weight excluding hydrogens is 334 g/mol. The molecule has 7 heteroatoms. The summed E-state index contributed by atoms with van der Waals surface area (Å²) in [6, 6.07) is 3.47. The monoisotopic (exact) mass is 336 g/mol. The number of hydrogen-bond acceptors (Lipinski definition) is 3. The van der Waals surface area contributed by atoms with Gasteiger partial charge in [0.25, 0.3) is 0 Å². The molecule has 0 aliphatic rings. The van der Waals surface area contributed by atoms with Crippen LogP contribution < -0.4 is 0 Å². The Morgan fingerprint density at radius 1 is 1.12 bits per heavy atom. The molecule has 0 saturated carbocycles. The van der Waals surface area contributed by atoms with Crippen LogP contribution in [0.25, 0.3) is 11.4 Å². The molecular formula is C10H4BrCl2FN2O. The Bertz CT molecular complexity index is 551. The molecule has 0 spiro atoms. The number of aromatic hydroxyl groups is 1. The molecule has 17 heavy (non-hydrogen) atoms. The summed E-state index contributed by atoms with van der Waals surface area (Å²) in [6.45, 7) is 0. The number of nitrogens with zero attached hydrogens (tertiary/aromatic N) is 2. The Hall–Kier alpha value is -0.910. The Morgan fingerprint density at radius 2 is 1.71 bits per heavy atom. The van der Waals surface area contributed by atoms with Crippen molar-refractivity contribution in [2.24, 2.45) is 0 Å². The van der Waals surface area contributed by atoms with Gasteiger partial charge in [0.15, 0.2) is 5.82 Å². The third-order valence-electron chi connectivity index (χ3n) is 1.91. The number of halogens is 4. The minimum atomic E-state index is -0.598. The van der Waals surface area contributed by atoms with Crippen LogP contribution in [0.15, 0.2) is 22.7 Å². The molecule has 2 rings (SSSR count). The molecule has 0 atom stereocenters. The Labute approximate surface area is 114 Å². The highest BCUT2D eigenvalue weighted by atomic mass is 79.9. The van der Waals surface area contributed by atoms with Gasteiger partial charge in [-0.3, -0.25) is 0 Å². The van der Waals surface area contributed by atoms with E-state index in [1.165, 1.54) is 12.1 Å². The Balaban J connectivity index is 2.60. The first-order valence-corrected chi connectivity index (χ1v) is 5.90. The van der Waals surface area contributed by atoms with Gasteiger partial charge in [-0.05, 0) is 28.1 Å². The van der Waals surface area contributed by atoms with Gasteiger partial charge in [-0.1, -0.05) is 23.2 Å². The molecule has 2 aromatic rings. The first-order valence-electron chi connectivity index (χ1n) is 4.36. The van der Waals surface area contributed by atoms with E-state index in [-0.39, 0.29) is 21.9 Å². The molecule has 0 aliphatic carbocycles. The molecule has 0 amide bonds. The zero-order valence-electron chi connectivity index (χ0n) is 8.09. The predicted molar refractivity (Wildman–Crippen MR) is 66.8 cm³/mol. The maximum Gasteiger partial charge on any atom is 0.162 e. The van der Waals surface area contributed by atoms with E-state index >= 15 is 0 Å². The smallest absolute Gasteiger partial charge is 0.162 e. The van der Waals surface area contributed by atoms with Crippen molar-refractivity contribution in [2.75, 3.05) is 0 Å². The minimum Gasteiger partial charge on any atom is -0.508 e. The third kappa shape index (κ3) is 2.68. The topological polar surface area (TPSA) is 46.0 Å². The number of phenols is 1.